The summed E-state index contributed by atoms with van der Waals surface area (Å²) in [6.07, 6.45) is 0. The van der Waals surface area contributed by atoms with Crippen molar-refractivity contribution in [3.8, 4) is 11.8 Å². The van der Waals surface area contributed by atoms with Crippen LogP contribution in [0.15, 0.2) is 18.2 Å². The molecule has 1 heteroatoms. The first-order chi connectivity index (χ1) is 7.06. The first-order valence-corrected chi connectivity index (χ1v) is 5.62. The third kappa shape index (κ3) is 3.01. The van der Waals surface area contributed by atoms with E-state index in [2.05, 4.69) is 37.8 Å². The lowest BCUT2D eigenvalue weighted by molar-refractivity contribution is 0.609. The van der Waals surface area contributed by atoms with Crippen molar-refractivity contribution >= 4 is 11.6 Å². The van der Waals surface area contributed by atoms with Gasteiger partial charge >= 0.3 is 0 Å². The van der Waals surface area contributed by atoms with Gasteiger partial charge in [0.05, 0.1) is 0 Å². The van der Waals surface area contributed by atoms with E-state index in [1.54, 1.807) is 0 Å². The van der Waals surface area contributed by atoms with Gasteiger partial charge in [-0.2, -0.15) is 0 Å². The summed E-state index contributed by atoms with van der Waals surface area (Å²) in [4.78, 5) is 0. The number of benzene rings is 1. The summed E-state index contributed by atoms with van der Waals surface area (Å²) in [5.41, 5.74) is 2.45. The highest BCUT2D eigenvalue weighted by molar-refractivity contribution is 6.31. The van der Waals surface area contributed by atoms with Gasteiger partial charge in [-0.05, 0) is 37.0 Å². The Kier molecular flexibility index (Phi) is 4.24. The quantitative estimate of drug-likeness (QED) is 0.648. The third-order valence-electron chi connectivity index (χ3n) is 2.83. The Balaban J connectivity index is 2.94. The van der Waals surface area contributed by atoms with Crippen LogP contribution < -0.4 is 0 Å². The summed E-state index contributed by atoms with van der Waals surface area (Å²) in [5, 5.41) is 0.833. The van der Waals surface area contributed by atoms with Gasteiger partial charge in [-0.25, -0.2) is 0 Å². The van der Waals surface area contributed by atoms with Crippen molar-refractivity contribution in [3.63, 3.8) is 0 Å². The third-order valence-corrected chi connectivity index (χ3v) is 3.25. The summed E-state index contributed by atoms with van der Waals surface area (Å²) >= 11 is 6.00. The molecule has 0 saturated carbocycles. The Bertz CT molecular complexity index is 396. The number of rotatable bonds is 2. The highest BCUT2D eigenvalue weighted by atomic mass is 35.5. The van der Waals surface area contributed by atoms with Crippen molar-refractivity contribution in [3.05, 3.63) is 34.3 Å². The van der Waals surface area contributed by atoms with Crippen LogP contribution in [-0.4, -0.2) is 0 Å². The minimum Gasteiger partial charge on any atom is -0.106 e. The molecule has 0 heterocycles. The molecule has 1 aromatic carbocycles. The van der Waals surface area contributed by atoms with Crippen molar-refractivity contribution in [1.82, 2.24) is 0 Å². The lowest BCUT2D eigenvalue weighted by Gasteiger charge is -2.16. The first kappa shape index (κ1) is 12.1. The Labute approximate surface area is 97.7 Å². The molecule has 0 aliphatic carbocycles. The Hall–Kier alpha value is -0.930. The molecule has 0 fully saturated rings. The summed E-state index contributed by atoms with van der Waals surface area (Å²) < 4.78 is 0. The van der Waals surface area contributed by atoms with Crippen LogP contribution in [0.5, 0.6) is 0 Å². The standard InChI is InChI=1S/C14H17Cl/c1-5-6-10(2)12(4)13-7-8-14(15)11(3)9-13/h7-10,12H,1-4H3. The van der Waals surface area contributed by atoms with Gasteiger partial charge in [0.2, 0.25) is 0 Å². The molecule has 15 heavy (non-hydrogen) atoms. The largest absolute Gasteiger partial charge is 0.106 e. The lowest BCUT2D eigenvalue weighted by Crippen LogP contribution is -2.04. The van der Waals surface area contributed by atoms with Crippen LogP contribution in [0.3, 0.4) is 0 Å². The molecule has 0 radical (unpaired) electrons. The molecule has 0 bridgehead atoms. The molecule has 1 aromatic rings. The zero-order valence-corrected chi connectivity index (χ0v) is 10.5. The van der Waals surface area contributed by atoms with E-state index in [9.17, 15) is 0 Å². The van der Waals surface area contributed by atoms with Gasteiger partial charge in [0.1, 0.15) is 0 Å². The van der Waals surface area contributed by atoms with E-state index in [-0.39, 0.29) is 0 Å². The summed E-state index contributed by atoms with van der Waals surface area (Å²) in [7, 11) is 0. The van der Waals surface area contributed by atoms with Crippen molar-refractivity contribution in [2.45, 2.75) is 33.6 Å². The van der Waals surface area contributed by atoms with Crippen LogP contribution in [0.1, 0.15) is 37.8 Å². The van der Waals surface area contributed by atoms with E-state index in [0.29, 0.717) is 11.8 Å². The van der Waals surface area contributed by atoms with Gasteiger partial charge in [0.25, 0.3) is 0 Å². The van der Waals surface area contributed by atoms with Gasteiger partial charge < -0.3 is 0 Å². The Morgan fingerprint density at radius 2 is 1.93 bits per heavy atom. The molecule has 2 atom stereocenters. The average Bonchev–Trinajstić information content (AvgIpc) is 2.21. The van der Waals surface area contributed by atoms with Crippen LogP contribution in [0.4, 0.5) is 0 Å². The molecule has 2 unspecified atom stereocenters. The molecule has 80 valence electrons. The predicted molar refractivity (Wildman–Crippen MR) is 67.2 cm³/mol. The molecule has 0 spiro atoms. The van der Waals surface area contributed by atoms with E-state index in [1.165, 1.54) is 5.56 Å². The fourth-order valence-electron chi connectivity index (χ4n) is 1.59. The zero-order chi connectivity index (χ0) is 11.4. The monoisotopic (exact) mass is 220 g/mol. The first-order valence-electron chi connectivity index (χ1n) is 5.24. The van der Waals surface area contributed by atoms with Crippen LogP contribution in [0, 0.1) is 24.7 Å². The van der Waals surface area contributed by atoms with Crippen molar-refractivity contribution in [2.24, 2.45) is 5.92 Å². The highest BCUT2D eigenvalue weighted by Gasteiger charge is 2.12. The fourth-order valence-corrected chi connectivity index (χ4v) is 1.71. The van der Waals surface area contributed by atoms with Gasteiger partial charge in [-0.15, -0.1) is 5.92 Å². The number of aryl methyl sites for hydroxylation is 1. The second-order valence-electron chi connectivity index (χ2n) is 3.98. The van der Waals surface area contributed by atoms with Crippen LogP contribution in [0.25, 0.3) is 0 Å². The van der Waals surface area contributed by atoms with Crippen LogP contribution in [0.2, 0.25) is 5.02 Å². The van der Waals surface area contributed by atoms with Gasteiger partial charge in [0.15, 0.2) is 0 Å². The molecule has 0 aliphatic rings. The molecule has 1 rings (SSSR count). The normalized spacial score (nSPS) is 13.9. The van der Waals surface area contributed by atoms with Crippen molar-refractivity contribution < 1.29 is 0 Å². The SMILES string of the molecule is CC#CC(C)C(C)c1ccc(Cl)c(C)c1. The van der Waals surface area contributed by atoms with Crippen molar-refractivity contribution in [1.29, 1.82) is 0 Å². The van der Waals surface area contributed by atoms with E-state index in [1.807, 2.05) is 19.9 Å². The van der Waals surface area contributed by atoms with E-state index < -0.39 is 0 Å². The molecule has 0 nitrogen and oxygen atoms in total. The zero-order valence-electron chi connectivity index (χ0n) is 9.76. The van der Waals surface area contributed by atoms with E-state index in [0.717, 1.165) is 10.6 Å². The van der Waals surface area contributed by atoms with Gasteiger partial charge in [0, 0.05) is 10.9 Å². The van der Waals surface area contributed by atoms with Crippen molar-refractivity contribution in [2.75, 3.05) is 0 Å². The topological polar surface area (TPSA) is 0 Å². The summed E-state index contributed by atoms with van der Waals surface area (Å²) in [6, 6.07) is 6.21. The van der Waals surface area contributed by atoms with E-state index >= 15 is 0 Å². The molecule has 0 aliphatic heterocycles. The molecule has 0 saturated heterocycles. The molecular formula is C14H17Cl. The maximum absolute atomic E-state index is 6.00. The average molecular weight is 221 g/mol. The maximum atomic E-state index is 6.00. The number of hydrogen-bond donors (Lipinski definition) is 0. The van der Waals surface area contributed by atoms with Crippen LogP contribution >= 0.6 is 11.6 Å². The molecule has 0 amide bonds. The number of hydrogen-bond acceptors (Lipinski definition) is 0. The minimum absolute atomic E-state index is 0.385. The van der Waals surface area contributed by atoms with Gasteiger partial charge in [-0.1, -0.05) is 43.5 Å². The molecular weight excluding hydrogens is 204 g/mol. The maximum Gasteiger partial charge on any atom is 0.0435 e. The minimum atomic E-state index is 0.385. The highest BCUT2D eigenvalue weighted by Crippen LogP contribution is 2.26. The second kappa shape index (κ2) is 5.24. The van der Waals surface area contributed by atoms with Gasteiger partial charge in [-0.3, -0.25) is 0 Å². The summed E-state index contributed by atoms with van der Waals surface area (Å²) in [6.45, 7) is 8.29. The predicted octanol–water partition coefficient (Wildman–Crippen LogP) is 4.41. The molecule has 0 N–H and O–H groups in total. The second-order valence-corrected chi connectivity index (χ2v) is 4.39. The molecule has 0 aromatic heterocycles. The summed E-state index contributed by atoms with van der Waals surface area (Å²) in [5.74, 6) is 7.00. The smallest absolute Gasteiger partial charge is 0.0435 e. The Morgan fingerprint density at radius 3 is 2.47 bits per heavy atom. The fraction of sp³-hybridized carbons (Fsp3) is 0.429. The number of halogens is 1. The lowest BCUT2D eigenvalue weighted by atomic mass is 9.88. The van der Waals surface area contributed by atoms with E-state index in [4.69, 9.17) is 11.6 Å². The van der Waals surface area contributed by atoms with Crippen LogP contribution in [-0.2, 0) is 0 Å². The Morgan fingerprint density at radius 1 is 1.27 bits per heavy atom.